The van der Waals surface area contributed by atoms with E-state index in [9.17, 15) is 10.1 Å². The number of nitrogens with one attached hydrogen (secondary N) is 1. The molecule has 0 amide bonds. The molecule has 5 heteroatoms. The van der Waals surface area contributed by atoms with Crippen LogP contribution in [0.1, 0.15) is 41.3 Å². The van der Waals surface area contributed by atoms with Crippen LogP contribution < -0.4 is 5.32 Å². The lowest BCUT2D eigenvalue weighted by Crippen LogP contribution is -2.40. The van der Waals surface area contributed by atoms with Gasteiger partial charge in [-0.15, -0.1) is 0 Å². The molecule has 0 unspecified atom stereocenters. The van der Waals surface area contributed by atoms with Gasteiger partial charge < -0.3 is 10.1 Å². The number of hydrogen-bond donors (Lipinski definition) is 1. The Hall–Kier alpha value is -2.35. The first-order chi connectivity index (χ1) is 12.5. The van der Waals surface area contributed by atoms with E-state index < -0.39 is 0 Å². The van der Waals surface area contributed by atoms with Gasteiger partial charge in [-0.3, -0.25) is 4.79 Å². The van der Waals surface area contributed by atoms with Gasteiger partial charge in [-0.05, 0) is 55.7 Å². The highest BCUT2D eigenvalue weighted by atomic mass is 35.5. The third-order valence-electron chi connectivity index (χ3n) is 5.05. The minimum absolute atomic E-state index is 0.0202. The summed E-state index contributed by atoms with van der Waals surface area (Å²) in [5.41, 5.74) is 2.86. The topological polar surface area (TPSA) is 62.1 Å². The zero-order valence-corrected chi connectivity index (χ0v) is 15.5. The number of anilines is 1. The Balaban J connectivity index is 1.91. The predicted octanol–water partition coefficient (Wildman–Crippen LogP) is 4.57. The average molecular weight is 369 g/mol. The number of rotatable bonds is 5. The number of Topliss-reactive ketones (excluding diaryl/α,β-unsaturated/α-hetero) is 1. The fraction of sp³-hybridized carbons (Fsp3) is 0.333. The van der Waals surface area contributed by atoms with Crippen LogP contribution in [0.25, 0.3) is 0 Å². The van der Waals surface area contributed by atoms with Crippen LogP contribution in [0.2, 0.25) is 5.02 Å². The highest BCUT2D eigenvalue weighted by Crippen LogP contribution is 2.36. The first kappa shape index (κ1) is 18.4. The summed E-state index contributed by atoms with van der Waals surface area (Å²) in [4.78, 5) is 11.7. The van der Waals surface area contributed by atoms with E-state index in [1.165, 1.54) is 12.5 Å². The Morgan fingerprint density at radius 2 is 2.04 bits per heavy atom. The molecule has 1 N–H and O–H groups in total. The second-order valence-electron chi connectivity index (χ2n) is 6.68. The molecular formula is C21H21ClN2O2. The van der Waals surface area contributed by atoms with E-state index in [-0.39, 0.29) is 11.2 Å². The molecule has 2 aromatic carbocycles. The highest BCUT2D eigenvalue weighted by Gasteiger charge is 2.34. The van der Waals surface area contributed by atoms with Crippen LogP contribution in [0.4, 0.5) is 5.69 Å². The summed E-state index contributed by atoms with van der Waals surface area (Å²) < 4.78 is 5.57. The summed E-state index contributed by atoms with van der Waals surface area (Å²) in [6.45, 7) is 3.55. The minimum atomic E-state index is -0.123. The van der Waals surface area contributed by atoms with E-state index >= 15 is 0 Å². The number of nitrogens with zero attached hydrogens (tertiary/aromatic N) is 1. The first-order valence-electron chi connectivity index (χ1n) is 8.67. The van der Waals surface area contributed by atoms with Gasteiger partial charge in [0, 0.05) is 35.8 Å². The Bertz CT molecular complexity index is 851. The van der Waals surface area contributed by atoms with E-state index in [0.29, 0.717) is 41.6 Å². The van der Waals surface area contributed by atoms with Gasteiger partial charge in [0.1, 0.15) is 6.07 Å². The van der Waals surface area contributed by atoms with Crippen molar-refractivity contribution in [2.45, 2.75) is 25.2 Å². The number of ketones is 1. The minimum Gasteiger partial charge on any atom is -0.383 e. The van der Waals surface area contributed by atoms with Crippen molar-refractivity contribution in [2.24, 2.45) is 0 Å². The van der Waals surface area contributed by atoms with E-state index in [4.69, 9.17) is 16.3 Å². The fourth-order valence-electron chi connectivity index (χ4n) is 3.42. The number of ether oxygens (including phenoxy) is 1. The van der Waals surface area contributed by atoms with E-state index in [0.717, 1.165) is 12.8 Å². The van der Waals surface area contributed by atoms with Crippen LogP contribution >= 0.6 is 11.6 Å². The van der Waals surface area contributed by atoms with Crippen LogP contribution in [0, 0.1) is 11.3 Å². The van der Waals surface area contributed by atoms with Crippen molar-refractivity contribution >= 4 is 23.1 Å². The van der Waals surface area contributed by atoms with Gasteiger partial charge in [0.25, 0.3) is 0 Å². The number of benzene rings is 2. The highest BCUT2D eigenvalue weighted by molar-refractivity contribution is 6.30. The zero-order valence-electron chi connectivity index (χ0n) is 14.7. The van der Waals surface area contributed by atoms with Crippen molar-refractivity contribution in [2.75, 3.05) is 25.1 Å². The molecule has 0 spiro atoms. The molecule has 0 saturated carbocycles. The molecule has 1 fully saturated rings. The summed E-state index contributed by atoms with van der Waals surface area (Å²) in [5.74, 6) is -0.0202. The van der Waals surface area contributed by atoms with Gasteiger partial charge in [0.15, 0.2) is 5.78 Å². The summed E-state index contributed by atoms with van der Waals surface area (Å²) in [5, 5.41) is 13.5. The lowest BCUT2D eigenvalue weighted by Gasteiger charge is -2.38. The molecule has 3 rings (SSSR count). The molecule has 1 heterocycles. The number of hydrogen-bond acceptors (Lipinski definition) is 4. The molecule has 1 aliphatic rings. The zero-order chi connectivity index (χ0) is 18.6. The Morgan fingerprint density at radius 3 is 2.69 bits per heavy atom. The number of carbonyl (C=O) groups is 1. The molecule has 0 radical (unpaired) electrons. The van der Waals surface area contributed by atoms with Crippen molar-refractivity contribution in [3.05, 3.63) is 64.2 Å². The van der Waals surface area contributed by atoms with Crippen LogP contribution in [0.3, 0.4) is 0 Å². The van der Waals surface area contributed by atoms with Crippen molar-refractivity contribution in [1.29, 1.82) is 5.26 Å². The van der Waals surface area contributed by atoms with Gasteiger partial charge in [-0.25, -0.2) is 0 Å². The first-order valence-corrected chi connectivity index (χ1v) is 9.05. The summed E-state index contributed by atoms with van der Waals surface area (Å²) in [6.07, 6.45) is 1.74. The van der Waals surface area contributed by atoms with Gasteiger partial charge in [0.05, 0.1) is 11.3 Å². The second-order valence-corrected chi connectivity index (χ2v) is 7.12. The summed E-state index contributed by atoms with van der Waals surface area (Å²) in [6, 6.07) is 15.3. The van der Waals surface area contributed by atoms with Crippen molar-refractivity contribution in [3.63, 3.8) is 0 Å². The molecule has 4 nitrogen and oxygen atoms in total. The number of halogens is 1. The van der Waals surface area contributed by atoms with Crippen LogP contribution in [-0.4, -0.2) is 25.5 Å². The molecule has 0 atom stereocenters. The van der Waals surface area contributed by atoms with Crippen LogP contribution in [0.5, 0.6) is 0 Å². The lowest BCUT2D eigenvalue weighted by atomic mass is 9.74. The normalized spacial score (nSPS) is 15.9. The second kappa shape index (κ2) is 7.90. The van der Waals surface area contributed by atoms with E-state index in [1.807, 2.05) is 18.2 Å². The molecule has 2 aromatic rings. The van der Waals surface area contributed by atoms with Crippen LogP contribution in [-0.2, 0) is 10.2 Å². The standard InChI is InChI=1S/C21H21ClN2O2/c1-15(25)16-5-6-17(13-23)20(11-16)24-14-21(7-9-26-10-8-21)18-3-2-4-19(22)12-18/h2-6,11-12,24H,7-10,14H2,1H3. The predicted molar refractivity (Wildman–Crippen MR) is 103 cm³/mol. The molecule has 0 aromatic heterocycles. The van der Waals surface area contributed by atoms with E-state index in [2.05, 4.69) is 17.5 Å². The molecule has 26 heavy (non-hydrogen) atoms. The van der Waals surface area contributed by atoms with Crippen molar-refractivity contribution in [1.82, 2.24) is 0 Å². The van der Waals surface area contributed by atoms with Gasteiger partial charge >= 0.3 is 0 Å². The molecule has 0 aliphatic carbocycles. The molecule has 0 bridgehead atoms. The molecule has 134 valence electrons. The Kier molecular flexibility index (Phi) is 5.61. The summed E-state index contributed by atoms with van der Waals surface area (Å²) in [7, 11) is 0. The van der Waals surface area contributed by atoms with E-state index in [1.54, 1.807) is 18.2 Å². The lowest BCUT2D eigenvalue weighted by molar-refractivity contribution is 0.0544. The maximum Gasteiger partial charge on any atom is 0.159 e. The van der Waals surface area contributed by atoms with Crippen LogP contribution in [0.15, 0.2) is 42.5 Å². The smallest absolute Gasteiger partial charge is 0.159 e. The Labute approximate surface area is 158 Å². The maximum atomic E-state index is 11.7. The van der Waals surface area contributed by atoms with Gasteiger partial charge in [-0.2, -0.15) is 5.26 Å². The molecular weight excluding hydrogens is 348 g/mol. The quantitative estimate of drug-likeness (QED) is 0.785. The molecule has 1 aliphatic heterocycles. The SMILES string of the molecule is CC(=O)c1ccc(C#N)c(NCC2(c3cccc(Cl)c3)CCOCC2)c1. The van der Waals surface area contributed by atoms with Gasteiger partial charge in [0.2, 0.25) is 0 Å². The Morgan fingerprint density at radius 1 is 1.27 bits per heavy atom. The third kappa shape index (κ3) is 3.90. The average Bonchev–Trinajstić information content (AvgIpc) is 2.67. The third-order valence-corrected chi connectivity index (χ3v) is 5.29. The largest absolute Gasteiger partial charge is 0.383 e. The van der Waals surface area contributed by atoms with Gasteiger partial charge in [-0.1, -0.05) is 23.7 Å². The number of carbonyl (C=O) groups excluding carboxylic acids is 1. The molecule has 1 saturated heterocycles. The van der Waals surface area contributed by atoms with Crippen molar-refractivity contribution < 1.29 is 9.53 Å². The maximum absolute atomic E-state index is 11.7. The fourth-order valence-corrected chi connectivity index (χ4v) is 3.61. The van der Waals surface area contributed by atoms with Crippen molar-refractivity contribution in [3.8, 4) is 6.07 Å². The number of nitriles is 1. The summed E-state index contributed by atoms with van der Waals surface area (Å²) >= 11 is 6.21. The monoisotopic (exact) mass is 368 g/mol.